The number of hydrogen-bond acceptors (Lipinski definition) is 8. The van der Waals surface area contributed by atoms with E-state index < -0.39 is 23.5 Å². The number of halogens is 1. The van der Waals surface area contributed by atoms with Crippen molar-refractivity contribution >= 4 is 45.7 Å². The molecular weight excluding hydrogens is 537 g/mol. The third kappa shape index (κ3) is 4.70. The number of carbonyl (C=O) groups excluding carboxylic acids is 2. The van der Waals surface area contributed by atoms with E-state index in [1.807, 2.05) is 37.3 Å². The van der Waals surface area contributed by atoms with Gasteiger partial charge in [-0.2, -0.15) is 0 Å². The smallest absolute Gasteiger partial charge is 0.301 e. The maximum atomic E-state index is 15.2. The number of benzene rings is 3. The van der Waals surface area contributed by atoms with Crippen molar-refractivity contribution in [3.8, 4) is 5.75 Å². The van der Waals surface area contributed by atoms with E-state index in [1.165, 1.54) is 30.0 Å². The molecule has 0 bridgehead atoms. The Morgan fingerprint density at radius 3 is 2.67 bits per heavy atom. The molecule has 1 fully saturated rings. The lowest BCUT2D eigenvalue weighted by molar-refractivity contribution is -0.132. The normalized spacial score (nSPS) is 19.8. The molecule has 2 aliphatic heterocycles. The summed E-state index contributed by atoms with van der Waals surface area (Å²) in [5.41, 5.74) is 2.20. The van der Waals surface area contributed by atoms with Crippen LogP contribution in [0.4, 0.5) is 9.52 Å². The molecule has 196 valence electrons. The van der Waals surface area contributed by atoms with Crippen molar-refractivity contribution < 1.29 is 23.8 Å². The van der Waals surface area contributed by atoms with E-state index in [0.29, 0.717) is 27.8 Å². The second-order valence-electron chi connectivity index (χ2n) is 9.27. The van der Waals surface area contributed by atoms with Crippen molar-refractivity contribution in [1.29, 1.82) is 0 Å². The van der Waals surface area contributed by atoms with Crippen LogP contribution in [-0.2, 0) is 21.8 Å². The summed E-state index contributed by atoms with van der Waals surface area (Å²) in [6.45, 7) is 1.94. The number of fused-ring (bicyclic) bond motifs is 1. The Hall–Kier alpha value is -4.02. The summed E-state index contributed by atoms with van der Waals surface area (Å²) in [5.74, 6) is -1.46. The predicted octanol–water partition coefficient (Wildman–Crippen LogP) is 5.92. The number of carbonyl (C=O) groups is 2. The van der Waals surface area contributed by atoms with Gasteiger partial charge in [0.25, 0.3) is 5.78 Å². The molecule has 0 radical (unpaired) electrons. The van der Waals surface area contributed by atoms with Crippen LogP contribution in [0.15, 0.2) is 82.7 Å². The molecule has 4 aromatic rings. The Balaban J connectivity index is 1.41. The molecule has 1 aromatic heterocycles. The molecule has 0 unspecified atom stereocenters. The highest BCUT2D eigenvalue weighted by Crippen LogP contribution is 2.45. The van der Waals surface area contributed by atoms with Gasteiger partial charge in [-0.25, -0.2) is 4.39 Å². The van der Waals surface area contributed by atoms with E-state index >= 15 is 4.39 Å². The second-order valence-corrected chi connectivity index (χ2v) is 11.4. The zero-order valence-electron chi connectivity index (χ0n) is 20.7. The molecule has 1 N–H and O–H groups in total. The number of amides is 1. The summed E-state index contributed by atoms with van der Waals surface area (Å²) < 4.78 is 21.5. The fourth-order valence-electron chi connectivity index (χ4n) is 4.82. The molecule has 3 aromatic carbocycles. The first-order valence-electron chi connectivity index (χ1n) is 12.3. The van der Waals surface area contributed by atoms with E-state index in [9.17, 15) is 14.7 Å². The first-order valence-corrected chi connectivity index (χ1v) is 14.1. The summed E-state index contributed by atoms with van der Waals surface area (Å²) in [6, 6.07) is 19.6. The highest BCUT2D eigenvalue weighted by Gasteiger charge is 2.49. The lowest BCUT2D eigenvalue weighted by Crippen LogP contribution is -2.29. The molecule has 6 rings (SSSR count). The Morgan fingerprint density at radius 1 is 1.10 bits per heavy atom. The molecule has 1 saturated heterocycles. The fourth-order valence-corrected chi connectivity index (χ4v) is 6.65. The van der Waals surface area contributed by atoms with E-state index in [1.54, 1.807) is 24.3 Å². The minimum Gasteiger partial charge on any atom is -0.507 e. The van der Waals surface area contributed by atoms with Crippen LogP contribution >= 0.6 is 23.1 Å². The van der Waals surface area contributed by atoms with Crippen LogP contribution < -0.4 is 9.64 Å². The summed E-state index contributed by atoms with van der Waals surface area (Å²) in [6.07, 6.45) is 0.642. The quantitative estimate of drug-likeness (QED) is 0.103. The molecule has 3 heterocycles. The number of aromatic nitrogens is 2. The molecule has 1 amide bonds. The van der Waals surface area contributed by atoms with Gasteiger partial charge in [-0.05, 0) is 42.3 Å². The summed E-state index contributed by atoms with van der Waals surface area (Å²) >= 11 is 2.58. The highest BCUT2D eigenvalue weighted by atomic mass is 32.2. The summed E-state index contributed by atoms with van der Waals surface area (Å²) in [4.78, 5) is 27.9. The van der Waals surface area contributed by atoms with Crippen LogP contribution in [0.3, 0.4) is 0 Å². The summed E-state index contributed by atoms with van der Waals surface area (Å²) in [7, 11) is 0. The standard InChI is InChI=1S/C29H22FN3O4S2/c1-16-13-19-14-18(11-12-22(19)37-16)25(34)23-24(20-9-5-6-10-21(20)30)33(27(36)26(23)35)28-31-32-29(39-28)38-15-17-7-3-2-4-8-17/h2-12,14,16,24,34H,13,15H2,1H3/b25-23+/t16-,24+/m0/s1. The second kappa shape index (κ2) is 10.3. The average molecular weight is 560 g/mol. The minimum absolute atomic E-state index is 0.00671. The van der Waals surface area contributed by atoms with Crippen molar-refractivity contribution in [2.45, 2.75) is 35.6 Å². The topological polar surface area (TPSA) is 92.6 Å². The number of ketones is 1. The predicted molar refractivity (Wildman–Crippen MR) is 147 cm³/mol. The molecule has 0 saturated carbocycles. The van der Waals surface area contributed by atoms with Gasteiger partial charge in [-0.1, -0.05) is 71.6 Å². The lowest BCUT2D eigenvalue weighted by atomic mass is 9.94. The molecule has 0 spiro atoms. The van der Waals surface area contributed by atoms with Crippen LogP contribution in [0.5, 0.6) is 5.75 Å². The van der Waals surface area contributed by atoms with E-state index in [4.69, 9.17) is 4.74 Å². The number of anilines is 1. The molecule has 2 atom stereocenters. The third-order valence-electron chi connectivity index (χ3n) is 6.62. The lowest BCUT2D eigenvalue weighted by Gasteiger charge is -2.22. The number of rotatable bonds is 6. The molecule has 0 aliphatic carbocycles. The van der Waals surface area contributed by atoms with Crippen molar-refractivity contribution in [2.24, 2.45) is 0 Å². The van der Waals surface area contributed by atoms with Gasteiger partial charge >= 0.3 is 5.91 Å². The van der Waals surface area contributed by atoms with Crippen LogP contribution in [0.25, 0.3) is 5.76 Å². The molecule has 39 heavy (non-hydrogen) atoms. The van der Waals surface area contributed by atoms with Gasteiger partial charge in [-0.15, -0.1) is 10.2 Å². The number of Topliss-reactive ketones (excluding diaryl/α,β-unsaturated/α-hetero) is 1. The first-order chi connectivity index (χ1) is 18.9. The van der Waals surface area contributed by atoms with E-state index in [0.717, 1.165) is 27.4 Å². The Kier molecular flexibility index (Phi) is 6.66. The van der Waals surface area contributed by atoms with Crippen molar-refractivity contribution in [3.05, 3.63) is 106 Å². The monoisotopic (exact) mass is 559 g/mol. The van der Waals surface area contributed by atoms with Gasteiger partial charge in [-0.3, -0.25) is 14.5 Å². The van der Waals surface area contributed by atoms with Gasteiger partial charge in [0.05, 0.1) is 5.57 Å². The van der Waals surface area contributed by atoms with Crippen molar-refractivity contribution in [2.75, 3.05) is 4.90 Å². The number of thioether (sulfide) groups is 1. The average Bonchev–Trinajstić information content (AvgIpc) is 3.63. The molecule has 2 aliphatic rings. The number of nitrogens with zero attached hydrogens (tertiary/aromatic N) is 3. The van der Waals surface area contributed by atoms with Gasteiger partial charge in [0.15, 0.2) is 4.34 Å². The van der Waals surface area contributed by atoms with Gasteiger partial charge in [0.2, 0.25) is 5.13 Å². The van der Waals surface area contributed by atoms with Gasteiger partial charge in [0, 0.05) is 23.3 Å². The Labute approximate surface area is 232 Å². The molecular formula is C29H22FN3O4S2. The SMILES string of the molecule is C[C@H]1Cc2cc(/C(O)=C3\C(=O)C(=O)N(c4nnc(SCc5ccccc5)s4)[C@@H]3c3ccccc3F)ccc2O1. The maximum Gasteiger partial charge on any atom is 0.301 e. The van der Waals surface area contributed by atoms with Crippen molar-refractivity contribution in [1.82, 2.24) is 10.2 Å². The number of aliphatic hydroxyl groups is 1. The molecule has 7 nitrogen and oxygen atoms in total. The van der Waals surface area contributed by atoms with Crippen LogP contribution in [0.2, 0.25) is 0 Å². The van der Waals surface area contributed by atoms with Crippen LogP contribution in [-0.4, -0.2) is 33.1 Å². The zero-order chi connectivity index (χ0) is 27.1. The van der Waals surface area contributed by atoms with E-state index in [2.05, 4.69) is 10.2 Å². The maximum absolute atomic E-state index is 15.2. The fraction of sp³-hybridized carbons (Fsp3) is 0.172. The largest absolute Gasteiger partial charge is 0.507 e. The Morgan fingerprint density at radius 2 is 1.87 bits per heavy atom. The van der Waals surface area contributed by atoms with Crippen LogP contribution in [0, 0.1) is 5.82 Å². The zero-order valence-corrected chi connectivity index (χ0v) is 22.3. The third-order valence-corrected chi connectivity index (χ3v) is 8.75. The Bertz CT molecular complexity index is 1620. The summed E-state index contributed by atoms with van der Waals surface area (Å²) in [5, 5.41) is 19.9. The number of aliphatic hydroxyl groups excluding tert-OH is 1. The van der Waals surface area contributed by atoms with Gasteiger partial charge in [0.1, 0.15) is 29.5 Å². The number of hydrogen-bond donors (Lipinski definition) is 1. The molecule has 10 heteroatoms. The van der Waals surface area contributed by atoms with Crippen molar-refractivity contribution in [3.63, 3.8) is 0 Å². The number of ether oxygens (including phenoxy) is 1. The van der Waals surface area contributed by atoms with Crippen LogP contribution in [0.1, 0.15) is 35.2 Å². The minimum atomic E-state index is -1.21. The first kappa shape index (κ1) is 25.3. The van der Waals surface area contributed by atoms with Gasteiger partial charge < -0.3 is 9.84 Å². The highest BCUT2D eigenvalue weighted by molar-refractivity contribution is 8.00. The van der Waals surface area contributed by atoms with E-state index in [-0.39, 0.29) is 28.1 Å².